The van der Waals surface area contributed by atoms with E-state index in [1.165, 1.54) is 5.56 Å². The lowest BCUT2D eigenvalue weighted by atomic mass is 10.2. The number of nitrogens with zero attached hydrogens (tertiary/aromatic N) is 2. The molecule has 0 fully saturated rings. The van der Waals surface area contributed by atoms with E-state index >= 15 is 0 Å². The lowest BCUT2D eigenvalue weighted by Gasteiger charge is -2.07. The van der Waals surface area contributed by atoms with E-state index < -0.39 is 0 Å². The van der Waals surface area contributed by atoms with Gasteiger partial charge in [-0.3, -0.25) is 4.68 Å². The van der Waals surface area contributed by atoms with Crippen molar-refractivity contribution in [3.8, 4) is 0 Å². The molecule has 0 radical (unpaired) electrons. The van der Waals surface area contributed by atoms with Crippen LogP contribution in [0.5, 0.6) is 0 Å². The molecular weight excluding hydrogens is 302 g/mol. The van der Waals surface area contributed by atoms with Crippen LogP contribution in [-0.2, 0) is 13.1 Å². The molecule has 1 N–H and O–H groups in total. The number of benzene rings is 1. The third-order valence-electron chi connectivity index (χ3n) is 2.41. The van der Waals surface area contributed by atoms with Gasteiger partial charge in [0.25, 0.3) is 0 Å². The molecule has 0 atom stereocenters. The number of halogens is 2. The Hall–Kier alpha value is -0.840. The molecule has 0 saturated carbocycles. The highest BCUT2D eigenvalue weighted by atomic mass is 79.9. The van der Waals surface area contributed by atoms with Gasteiger partial charge in [0.15, 0.2) is 0 Å². The van der Waals surface area contributed by atoms with E-state index in [4.69, 9.17) is 11.6 Å². The number of hydrogen-bond acceptors (Lipinski definition) is 2. The molecular formula is C12H13BrClN3. The first-order valence-corrected chi connectivity index (χ1v) is 6.55. The Morgan fingerprint density at radius 3 is 3.00 bits per heavy atom. The summed E-state index contributed by atoms with van der Waals surface area (Å²) in [4.78, 5) is 0. The molecule has 0 saturated heterocycles. The number of rotatable bonds is 5. The fourth-order valence-corrected chi connectivity index (χ4v) is 2.34. The van der Waals surface area contributed by atoms with Crippen LogP contribution in [0.4, 0.5) is 0 Å². The van der Waals surface area contributed by atoms with Gasteiger partial charge in [-0.05, 0) is 23.8 Å². The largest absolute Gasteiger partial charge is 0.311 e. The molecule has 2 aromatic rings. The van der Waals surface area contributed by atoms with Crippen molar-refractivity contribution in [2.75, 3.05) is 6.54 Å². The van der Waals surface area contributed by atoms with E-state index in [0.717, 1.165) is 29.1 Å². The maximum absolute atomic E-state index is 5.88. The SMILES string of the molecule is Clc1ccc(CNCCn2cccn2)c(Br)c1. The van der Waals surface area contributed by atoms with Gasteiger partial charge in [0.2, 0.25) is 0 Å². The summed E-state index contributed by atoms with van der Waals surface area (Å²) in [6, 6.07) is 7.76. The Morgan fingerprint density at radius 2 is 2.29 bits per heavy atom. The Bertz CT molecular complexity index is 471. The Balaban J connectivity index is 1.78. The van der Waals surface area contributed by atoms with Gasteiger partial charge in [0, 0.05) is 35.0 Å². The van der Waals surface area contributed by atoms with Crippen molar-refractivity contribution in [3.05, 3.63) is 51.7 Å². The molecule has 0 amide bonds. The average molecular weight is 315 g/mol. The quantitative estimate of drug-likeness (QED) is 0.860. The van der Waals surface area contributed by atoms with Gasteiger partial charge in [-0.25, -0.2) is 0 Å². The molecule has 0 aliphatic carbocycles. The summed E-state index contributed by atoms with van der Waals surface area (Å²) in [7, 11) is 0. The van der Waals surface area contributed by atoms with Crippen LogP contribution in [0.2, 0.25) is 5.02 Å². The van der Waals surface area contributed by atoms with Gasteiger partial charge in [0.05, 0.1) is 6.54 Å². The van der Waals surface area contributed by atoms with Crippen molar-refractivity contribution in [2.24, 2.45) is 0 Å². The first-order valence-electron chi connectivity index (χ1n) is 5.38. The summed E-state index contributed by atoms with van der Waals surface area (Å²) in [6.07, 6.45) is 3.75. The Kier molecular flexibility index (Phi) is 4.59. The van der Waals surface area contributed by atoms with E-state index in [9.17, 15) is 0 Å². The summed E-state index contributed by atoms with van der Waals surface area (Å²) in [5.74, 6) is 0. The van der Waals surface area contributed by atoms with Crippen LogP contribution in [0.1, 0.15) is 5.56 Å². The molecule has 2 rings (SSSR count). The van der Waals surface area contributed by atoms with E-state index in [2.05, 4.69) is 26.3 Å². The third-order valence-corrected chi connectivity index (χ3v) is 3.38. The molecule has 17 heavy (non-hydrogen) atoms. The number of aromatic nitrogens is 2. The zero-order valence-corrected chi connectivity index (χ0v) is 11.6. The van der Waals surface area contributed by atoms with Gasteiger partial charge in [-0.15, -0.1) is 0 Å². The van der Waals surface area contributed by atoms with Crippen molar-refractivity contribution in [1.29, 1.82) is 0 Å². The first-order chi connectivity index (χ1) is 8.25. The van der Waals surface area contributed by atoms with Crippen molar-refractivity contribution >= 4 is 27.5 Å². The Labute approximate surface area is 114 Å². The number of hydrogen-bond donors (Lipinski definition) is 1. The highest BCUT2D eigenvalue weighted by Gasteiger charge is 2.00. The minimum absolute atomic E-state index is 0.747. The molecule has 3 nitrogen and oxygen atoms in total. The maximum atomic E-state index is 5.88. The second kappa shape index (κ2) is 6.19. The summed E-state index contributed by atoms with van der Waals surface area (Å²) in [6.45, 7) is 2.58. The highest BCUT2D eigenvalue weighted by Crippen LogP contribution is 2.21. The van der Waals surface area contributed by atoms with Crippen LogP contribution < -0.4 is 5.32 Å². The van der Waals surface area contributed by atoms with Crippen LogP contribution in [0.15, 0.2) is 41.1 Å². The molecule has 1 aromatic carbocycles. The van der Waals surface area contributed by atoms with Gasteiger partial charge in [-0.2, -0.15) is 5.10 Å². The fraction of sp³-hybridized carbons (Fsp3) is 0.250. The molecule has 0 aliphatic rings. The molecule has 0 unspecified atom stereocenters. The minimum Gasteiger partial charge on any atom is -0.311 e. The maximum Gasteiger partial charge on any atom is 0.0534 e. The van der Waals surface area contributed by atoms with E-state index in [1.54, 1.807) is 6.20 Å². The molecule has 1 aromatic heterocycles. The molecule has 0 aliphatic heterocycles. The predicted molar refractivity (Wildman–Crippen MR) is 73.1 cm³/mol. The van der Waals surface area contributed by atoms with Crippen LogP contribution in [0.3, 0.4) is 0 Å². The van der Waals surface area contributed by atoms with Crippen molar-refractivity contribution in [1.82, 2.24) is 15.1 Å². The van der Waals surface area contributed by atoms with E-state index in [1.807, 2.05) is 35.1 Å². The first kappa shape index (κ1) is 12.6. The summed E-state index contributed by atoms with van der Waals surface area (Å²) in [5.41, 5.74) is 1.20. The average Bonchev–Trinajstić information content (AvgIpc) is 2.79. The smallest absolute Gasteiger partial charge is 0.0534 e. The van der Waals surface area contributed by atoms with Gasteiger partial charge < -0.3 is 5.32 Å². The van der Waals surface area contributed by atoms with Crippen molar-refractivity contribution in [3.63, 3.8) is 0 Å². The number of nitrogens with one attached hydrogen (secondary N) is 1. The highest BCUT2D eigenvalue weighted by molar-refractivity contribution is 9.10. The predicted octanol–water partition coefficient (Wildman–Crippen LogP) is 3.09. The monoisotopic (exact) mass is 313 g/mol. The molecule has 1 heterocycles. The molecule has 5 heteroatoms. The molecule has 90 valence electrons. The van der Waals surface area contributed by atoms with Gasteiger partial charge in [-0.1, -0.05) is 33.6 Å². The van der Waals surface area contributed by atoms with Gasteiger partial charge >= 0.3 is 0 Å². The molecule has 0 spiro atoms. The fourth-order valence-electron chi connectivity index (χ4n) is 1.51. The third kappa shape index (κ3) is 3.84. The van der Waals surface area contributed by atoms with E-state index in [0.29, 0.717) is 0 Å². The summed E-state index contributed by atoms with van der Waals surface area (Å²) in [5, 5.41) is 8.25. The van der Waals surface area contributed by atoms with Gasteiger partial charge in [0.1, 0.15) is 0 Å². The van der Waals surface area contributed by atoms with Crippen LogP contribution >= 0.6 is 27.5 Å². The molecule has 0 bridgehead atoms. The zero-order valence-electron chi connectivity index (χ0n) is 9.24. The van der Waals surface area contributed by atoms with E-state index in [-0.39, 0.29) is 0 Å². The summed E-state index contributed by atoms with van der Waals surface area (Å²) < 4.78 is 2.95. The van der Waals surface area contributed by atoms with Crippen LogP contribution in [0, 0.1) is 0 Å². The second-order valence-electron chi connectivity index (χ2n) is 3.68. The van der Waals surface area contributed by atoms with Crippen LogP contribution in [0.25, 0.3) is 0 Å². The minimum atomic E-state index is 0.747. The van der Waals surface area contributed by atoms with Crippen molar-refractivity contribution in [2.45, 2.75) is 13.1 Å². The lowest BCUT2D eigenvalue weighted by molar-refractivity contribution is 0.554. The normalized spacial score (nSPS) is 10.7. The zero-order chi connectivity index (χ0) is 12.1. The Morgan fingerprint density at radius 1 is 1.41 bits per heavy atom. The van der Waals surface area contributed by atoms with Crippen LogP contribution in [-0.4, -0.2) is 16.3 Å². The van der Waals surface area contributed by atoms with Crippen molar-refractivity contribution < 1.29 is 0 Å². The second-order valence-corrected chi connectivity index (χ2v) is 4.97. The topological polar surface area (TPSA) is 29.9 Å². The standard InChI is InChI=1S/C12H13BrClN3/c13-12-8-11(14)3-2-10(12)9-15-5-7-17-6-1-4-16-17/h1-4,6,8,15H,5,7,9H2. The summed E-state index contributed by atoms with van der Waals surface area (Å²) >= 11 is 9.38. The lowest BCUT2D eigenvalue weighted by Crippen LogP contribution is -2.19.